The predicted molar refractivity (Wildman–Crippen MR) is 125 cm³/mol. The molecule has 0 spiro atoms. The van der Waals surface area contributed by atoms with Crippen molar-refractivity contribution in [2.24, 2.45) is 5.92 Å². The maximum atomic E-state index is 12.5. The molecule has 0 aliphatic heterocycles. The minimum absolute atomic E-state index is 0.0541. The topological polar surface area (TPSA) is 108 Å². The summed E-state index contributed by atoms with van der Waals surface area (Å²) in [6.45, 7) is 3.67. The second-order valence-electron chi connectivity index (χ2n) is 8.71. The molecule has 176 valence electrons. The molecule has 0 saturated carbocycles. The van der Waals surface area contributed by atoms with Gasteiger partial charge in [-0.15, -0.1) is 0 Å². The Bertz CT molecular complexity index is 977. The first-order chi connectivity index (χ1) is 15.7. The van der Waals surface area contributed by atoms with Gasteiger partial charge in [-0.05, 0) is 43.3 Å². The van der Waals surface area contributed by atoms with E-state index in [1.54, 1.807) is 32.8 Å². The number of rotatable bonds is 9. The van der Waals surface area contributed by atoms with Gasteiger partial charge in [0.2, 0.25) is 5.91 Å². The Morgan fingerprint density at radius 2 is 1.52 bits per heavy atom. The molecule has 3 N–H and O–H groups in total. The Balaban J connectivity index is 1.56. The molecule has 3 atom stereocenters. The number of nitrogens with one attached hydrogen (secondary N) is 2. The zero-order chi connectivity index (χ0) is 24.1. The number of carbonyl (C=O) groups is 3. The number of fused-ring (bicyclic) bond motifs is 3. The molecule has 3 rings (SSSR count). The normalized spacial score (nSPS) is 15.2. The average molecular weight is 454 g/mol. The molecule has 2 aromatic carbocycles. The van der Waals surface area contributed by atoms with Crippen molar-refractivity contribution in [1.82, 2.24) is 15.5 Å². The van der Waals surface area contributed by atoms with E-state index in [1.165, 1.54) is 0 Å². The number of nitrogens with zero attached hydrogens (tertiary/aromatic N) is 1. The first-order valence-corrected chi connectivity index (χ1v) is 11.0. The Morgan fingerprint density at radius 1 is 0.970 bits per heavy atom. The number of hydrogen-bond acceptors (Lipinski definition) is 5. The van der Waals surface area contributed by atoms with Gasteiger partial charge in [-0.25, -0.2) is 9.59 Å². The fraction of sp³-hybridized carbons (Fsp3) is 0.400. The maximum absolute atomic E-state index is 12.5. The van der Waals surface area contributed by atoms with E-state index in [1.807, 2.05) is 36.4 Å². The molecular weight excluding hydrogens is 422 g/mol. The summed E-state index contributed by atoms with van der Waals surface area (Å²) in [6.07, 6.45) is -0.618. The van der Waals surface area contributed by atoms with Crippen molar-refractivity contribution < 1.29 is 24.2 Å². The zero-order valence-electron chi connectivity index (χ0n) is 19.4. The summed E-state index contributed by atoms with van der Waals surface area (Å²) in [5.74, 6) is -2.26. The molecule has 0 aromatic heterocycles. The number of alkyl carbamates (subject to hydrolysis) is 1. The standard InChI is InChI=1S/C25H31N3O5/c1-15(23(29)27-22(24(30)31)13-28(3)4)16(2)26-25(32)33-14-21-19-11-7-5-9-17(19)18-10-6-8-12-20(18)21/h5-12,15-16,21-22H,13-14H2,1-4H3,(H,26,32)(H,27,29)(H,30,31)/t15?,16?,22-/m0/s1. The van der Waals surface area contributed by atoms with Crippen LogP contribution in [0.15, 0.2) is 48.5 Å². The first kappa shape index (κ1) is 24.3. The van der Waals surface area contributed by atoms with Crippen molar-refractivity contribution in [2.75, 3.05) is 27.2 Å². The third-order valence-corrected chi connectivity index (χ3v) is 6.02. The van der Waals surface area contributed by atoms with Crippen LogP contribution in [0.1, 0.15) is 30.9 Å². The third-order valence-electron chi connectivity index (χ3n) is 6.02. The number of amides is 2. The Morgan fingerprint density at radius 3 is 2.03 bits per heavy atom. The molecule has 0 saturated heterocycles. The SMILES string of the molecule is CC(NC(=O)OCC1c2ccccc2-c2ccccc21)C(C)C(=O)N[C@@H](CN(C)C)C(=O)O. The van der Waals surface area contributed by atoms with Crippen LogP contribution < -0.4 is 10.6 Å². The van der Waals surface area contributed by atoms with E-state index >= 15 is 0 Å². The molecule has 0 radical (unpaired) electrons. The zero-order valence-corrected chi connectivity index (χ0v) is 19.4. The van der Waals surface area contributed by atoms with Gasteiger partial charge in [0.1, 0.15) is 12.6 Å². The van der Waals surface area contributed by atoms with Crippen molar-refractivity contribution in [3.63, 3.8) is 0 Å². The van der Waals surface area contributed by atoms with Crippen molar-refractivity contribution in [2.45, 2.75) is 31.8 Å². The molecule has 1 aliphatic carbocycles. The minimum Gasteiger partial charge on any atom is -0.480 e. The van der Waals surface area contributed by atoms with Gasteiger partial charge in [-0.2, -0.15) is 0 Å². The van der Waals surface area contributed by atoms with Crippen LogP contribution >= 0.6 is 0 Å². The first-order valence-electron chi connectivity index (χ1n) is 11.0. The summed E-state index contributed by atoms with van der Waals surface area (Å²) in [5, 5.41) is 14.5. The van der Waals surface area contributed by atoms with E-state index in [0.717, 1.165) is 22.3 Å². The van der Waals surface area contributed by atoms with Crippen LogP contribution in [-0.2, 0) is 14.3 Å². The van der Waals surface area contributed by atoms with Gasteiger partial charge >= 0.3 is 12.1 Å². The molecule has 0 fully saturated rings. The summed E-state index contributed by atoms with van der Waals surface area (Å²) in [4.78, 5) is 38.1. The lowest BCUT2D eigenvalue weighted by atomic mass is 9.98. The van der Waals surface area contributed by atoms with Gasteiger partial charge in [-0.3, -0.25) is 4.79 Å². The van der Waals surface area contributed by atoms with Gasteiger partial charge in [0.25, 0.3) is 0 Å². The monoisotopic (exact) mass is 453 g/mol. The number of carboxylic acids is 1. The summed E-state index contributed by atoms with van der Waals surface area (Å²) in [6, 6.07) is 14.6. The highest BCUT2D eigenvalue weighted by Gasteiger charge is 2.30. The number of carboxylic acid groups (broad SMARTS) is 1. The summed E-state index contributed by atoms with van der Waals surface area (Å²) in [7, 11) is 3.46. The van der Waals surface area contributed by atoms with Gasteiger partial charge in [-0.1, -0.05) is 55.5 Å². The molecule has 0 heterocycles. The van der Waals surface area contributed by atoms with E-state index < -0.39 is 36.0 Å². The Hall–Kier alpha value is -3.39. The number of benzene rings is 2. The van der Waals surface area contributed by atoms with Crippen LogP contribution in [0, 0.1) is 5.92 Å². The van der Waals surface area contributed by atoms with E-state index in [4.69, 9.17) is 4.74 Å². The average Bonchev–Trinajstić information content (AvgIpc) is 3.10. The van der Waals surface area contributed by atoms with Crippen LogP contribution in [0.3, 0.4) is 0 Å². The second-order valence-corrected chi connectivity index (χ2v) is 8.71. The van der Waals surface area contributed by atoms with Crippen LogP contribution in [0.25, 0.3) is 11.1 Å². The molecule has 2 aromatic rings. The lowest BCUT2D eigenvalue weighted by Gasteiger charge is -2.24. The van der Waals surface area contributed by atoms with Gasteiger partial charge in [0.05, 0.1) is 5.92 Å². The fourth-order valence-electron chi connectivity index (χ4n) is 4.03. The van der Waals surface area contributed by atoms with Gasteiger partial charge in [0.15, 0.2) is 0 Å². The number of ether oxygens (including phenoxy) is 1. The molecule has 8 nitrogen and oxygen atoms in total. The smallest absolute Gasteiger partial charge is 0.407 e. The molecule has 2 unspecified atom stereocenters. The van der Waals surface area contributed by atoms with E-state index in [2.05, 4.69) is 22.8 Å². The maximum Gasteiger partial charge on any atom is 0.407 e. The van der Waals surface area contributed by atoms with E-state index in [0.29, 0.717) is 0 Å². The van der Waals surface area contributed by atoms with Crippen molar-refractivity contribution >= 4 is 18.0 Å². The molecule has 33 heavy (non-hydrogen) atoms. The number of likely N-dealkylation sites (N-methyl/N-ethyl adjacent to an activating group) is 1. The second kappa shape index (κ2) is 10.5. The van der Waals surface area contributed by atoms with E-state index in [-0.39, 0.29) is 19.1 Å². The molecule has 0 bridgehead atoms. The quantitative estimate of drug-likeness (QED) is 0.539. The minimum atomic E-state index is -1.11. The Kier molecular flexibility index (Phi) is 7.71. The van der Waals surface area contributed by atoms with Crippen molar-refractivity contribution in [3.8, 4) is 11.1 Å². The van der Waals surface area contributed by atoms with Crippen molar-refractivity contribution in [1.29, 1.82) is 0 Å². The van der Waals surface area contributed by atoms with E-state index in [9.17, 15) is 19.5 Å². The van der Waals surface area contributed by atoms with Crippen LogP contribution in [0.2, 0.25) is 0 Å². The summed E-state index contributed by atoms with van der Waals surface area (Å²) >= 11 is 0. The molecule has 8 heteroatoms. The van der Waals surface area contributed by atoms with Crippen LogP contribution in [0.4, 0.5) is 4.79 Å². The van der Waals surface area contributed by atoms with Gasteiger partial charge in [0, 0.05) is 18.5 Å². The highest BCUT2D eigenvalue weighted by Crippen LogP contribution is 2.44. The predicted octanol–water partition coefficient (Wildman–Crippen LogP) is 2.68. The number of aliphatic carboxylic acids is 1. The molecular formula is C25H31N3O5. The third kappa shape index (κ3) is 5.70. The van der Waals surface area contributed by atoms with Crippen LogP contribution in [0.5, 0.6) is 0 Å². The summed E-state index contributed by atoms with van der Waals surface area (Å²) in [5.41, 5.74) is 4.53. The lowest BCUT2D eigenvalue weighted by molar-refractivity contribution is -0.142. The highest BCUT2D eigenvalue weighted by molar-refractivity contribution is 5.85. The van der Waals surface area contributed by atoms with Crippen molar-refractivity contribution in [3.05, 3.63) is 59.7 Å². The Labute approximate surface area is 193 Å². The largest absolute Gasteiger partial charge is 0.480 e. The number of hydrogen-bond donors (Lipinski definition) is 3. The molecule has 2 amide bonds. The fourth-order valence-corrected chi connectivity index (χ4v) is 4.03. The summed E-state index contributed by atoms with van der Waals surface area (Å²) < 4.78 is 5.53. The molecule has 1 aliphatic rings. The lowest BCUT2D eigenvalue weighted by Crippen LogP contribution is -2.51. The van der Waals surface area contributed by atoms with Gasteiger partial charge < -0.3 is 25.4 Å². The van der Waals surface area contributed by atoms with Crippen LogP contribution in [-0.4, -0.2) is 67.3 Å². The highest BCUT2D eigenvalue weighted by atomic mass is 16.5. The number of carbonyl (C=O) groups excluding carboxylic acids is 2.